The van der Waals surface area contributed by atoms with Crippen LogP contribution in [0.25, 0.3) is 0 Å². The largest absolute Gasteiger partial charge is 0.388 e. The first-order chi connectivity index (χ1) is 13.9. The Balaban J connectivity index is 2.16. The van der Waals surface area contributed by atoms with Crippen molar-refractivity contribution in [1.29, 1.82) is 0 Å². The zero-order valence-corrected chi connectivity index (χ0v) is 18.8. The topological polar surface area (TPSA) is 153 Å². The highest BCUT2D eigenvalue weighted by Gasteiger charge is 2.42. The summed E-state index contributed by atoms with van der Waals surface area (Å²) in [5.41, 5.74) is 4.65. The molecule has 1 rings (SSSR count). The fourth-order valence-corrected chi connectivity index (χ4v) is 2.71. The maximum atomic E-state index is 12.3. The van der Waals surface area contributed by atoms with Gasteiger partial charge in [0.25, 0.3) is 0 Å². The molecular weight excluding hydrogens is 396 g/mol. The van der Waals surface area contributed by atoms with E-state index in [1.165, 1.54) is 0 Å². The standard InChI is InChI=1S/C20H40N2O8/c1-13-14(23)15(24)16(25)17(30-13)28-11-10-27-9-7-22-18(26)19(2,3)6-8-29-20(4,5)12-21/h13-17,23-25H,6-12,21H2,1-5H3,(H,22,26)/t13-,14-,15+,16+,17+/m0/s1. The molecule has 0 unspecified atom stereocenters. The van der Waals surface area contributed by atoms with Gasteiger partial charge in [0.05, 0.1) is 31.5 Å². The quantitative estimate of drug-likeness (QED) is 0.232. The first-order valence-electron chi connectivity index (χ1n) is 10.4. The first kappa shape index (κ1) is 27.2. The van der Waals surface area contributed by atoms with Crippen molar-refractivity contribution in [1.82, 2.24) is 5.32 Å². The van der Waals surface area contributed by atoms with E-state index in [1.807, 2.05) is 27.7 Å². The minimum atomic E-state index is -1.34. The van der Waals surface area contributed by atoms with Gasteiger partial charge in [0.1, 0.15) is 18.3 Å². The molecule has 1 aliphatic rings. The molecule has 0 radical (unpaired) electrons. The normalized spacial score (nSPS) is 27.8. The van der Waals surface area contributed by atoms with Crippen LogP contribution < -0.4 is 11.1 Å². The Labute approximate surface area is 179 Å². The third-order valence-corrected chi connectivity index (χ3v) is 5.18. The summed E-state index contributed by atoms with van der Waals surface area (Å²) in [7, 11) is 0. The molecule has 0 aromatic rings. The van der Waals surface area contributed by atoms with Crippen molar-refractivity contribution in [3.05, 3.63) is 0 Å². The number of hydrogen-bond donors (Lipinski definition) is 5. The lowest BCUT2D eigenvalue weighted by atomic mass is 9.88. The molecule has 0 aromatic carbocycles. The summed E-state index contributed by atoms with van der Waals surface area (Å²) < 4.78 is 21.8. The van der Waals surface area contributed by atoms with Crippen molar-refractivity contribution in [2.75, 3.05) is 39.5 Å². The van der Waals surface area contributed by atoms with Gasteiger partial charge in [-0.25, -0.2) is 0 Å². The van der Waals surface area contributed by atoms with Crippen LogP contribution in [0.3, 0.4) is 0 Å². The molecule has 0 bridgehead atoms. The molecule has 1 heterocycles. The van der Waals surface area contributed by atoms with Crippen LogP contribution in [0.4, 0.5) is 0 Å². The molecule has 0 saturated carbocycles. The second-order valence-corrected chi connectivity index (χ2v) is 8.87. The van der Waals surface area contributed by atoms with Crippen LogP contribution in [0, 0.1) is 5.41 Å². The van der Waals surface area contributed by atoms with E-state index < -0.39 is 41.7 Å². The molecule has 30 heavy (non-hydrogen) atoms. The predicted octanol–water partition coefficient (Wildman–Crippen LogP) is -0.866. The van der Waals surface area contributed by atoms with Gasteiger partial charge in [-0.05, 0) is 27.2 Å². The number of amides is 1. The Morgan fingerprint density at radius 3 is 2.33 bits per heavy atom. The van der Waals surface area contributed by atoms with E-state index in [9.17, 15) is 20.1 Å². The summed E-state index contributed by atoms with van der Waals surface area (Å²) in [6, 6.07) is 0. The SMILES string of the molecule is C[C@@H]1O[C@@H](OCCOCCNC(=O)C(C)(C)CCOC(C)(C)CN)[C@H](O)[C@H](O)[C@H]1O. The number of hydrogen-bond acceptors (Lipinski definition) is 9. The van der Waals surface area contributed by atoms with Gasteiger partial charge in [-0.1, -0.05) is 13.8 Å². The maximum absolute atomic E-state index is 12.3. The van der Waals surface area contributed by atoms with Gasteiger partial charge in [-0.3, -0.25) is 4.79 Å². The van der Waals surface area contributed by atoms with E-state index in [2.05, 4.69) is 5.32 Å². The van der Waals surface area contributed by atoms with Gasteiger partial charge < -0.3 is 45.3 Å². The highest BCUT2D eigenvalue weighted by atomic mass is 16.7. The zero-order valence-electron chi connectivity index (χ0n) is 18.8. The Morgan fingerprint density at radius 2 is 1.70 bits per heavy atom. The summed E-state index contributed by atoms with van der Waals surface area (Å²) in [6.07, 6.45) is -4.95. The molecule has 1 fully saturated rings. The van der Waals surface area contributed by atoms with Crippen LogP contribution in [0.1, 0.15) is 41.0 Å². The van der Waals surface area contributed by atoms with Gasteiger partial charge in [0.15, 0.2) is 6.29 Å². The van der Waals surface area contributed by atoms with Crippen LogP contribution in [0.15, 0.2) is 0 Å². The lowest BCUT2D eigenvalue weighted by molar-refractivity contribution is -0.294. The van der Waals surface area contributed by atoms with Crippen LogP contribution in [0.5, 0.6) is 0 Å². The van der Waals surface area contributed by atoms with E-state index in [4.69, 9.17) is 24.7 Å². The van der Waals surface area contributed by atoms with Crippen LogP contribution in [-0.4, -0.2) is 97.1 Å². The number of nitrogens with one attached hydrogen (secondary N) is 1. The maximum Gasteiger partial charge on any atom is 0.225 e. The Morgan fingerprint density at radius 1 is 1.03 bits per heavy atom. The number of carbonyl (C=O) groups is 1. The van der Waals surface area contributed by atoms with E-state index in [1.54, 1.807) is 6.92 Å². The molecule has 10 heteroatoms. The number of aliphatic hydroxyl groups is 3. The fraction of sp³-hybridized carbons (Fsp3) is 0.950. The highest BCUT2D eigenvalue weighted by molar-refractivity contribution is 5.81. The van der Waals surface area contributed by atoms with Gasteiger partial charge in [-0.15, -0.1) is 0 Å². The molecule has 178 valence electrons. The molecule has 0 aliphatic carbocycles. The molecule has 0 aromatic heterocycles. The molecule has 10 nitrogen and oxygen atoms in total. The van der Waals surface area contributed by atoms with E-state index >= 15 is 0 Å². The minimum Gasteiger partial charge on any atom is -0.388 e. The zero-order chi connectivity index (χ0) is 22.9. The molecule has 1 aliphatic heterocycles. The highest BCUT2D eigenvalue weighted by Crippen LogP contribution is 2.22. The summed E-state index contributed by atoms with van der Waals surface area (Å²) in [5, 5.41) is 32.1. The average Bonchev–Trinajstić information content (AvgIpc) is 2.68. The van der Waals surface area contributed by atoms with E-state index in [0.29, 0.717) is 32.7 Å². The lowest BCUT2D eigenvalue weighted by Crippen LogP contribution is -2.57. The molecule has 1 saturated heterocycles. The third kappa shape index (κ3) is 8.72. The number of carbonyl (C=O) groups excluding carboxylic acids is 1. The Bertz CT molecular complexity index is 517. The van der Waals surface area contributed by atoms with Crippen molar-refractivity contribution in [2.24, 2.45) is 11.1 Å². The molecule has 1 amide bonds. The second kappa shape index (κ2) is 12.3. The summed E-state index contributed by atoms with van der Waals surface area (Å²) in [6.45, 7) is 11.0. The summed E-state index contributed by atoms with van der Waals surface area (Å²) in [4.78, 5) is 12.3. The van der Waals surface area contributed by atoms with Gasteiger partial charge in [-0.2, -0.15) is 0 Å². The second-order valence-electron chi connectivity index (χ2n) is 8.87. The van der Waals surface area contributed by atoms with Crippen LogP contribution in [0.2, 0.25) is 0 Å². The molecule has 6 N–H and O–H groups in total. The van der Waals surface area contributed by atoms with E-state index in [0.717, 1.165) is 0 Å². The third-order valence-electron chi connectivity index (χ3n) is 5.18. The summed E-state index contributed by atoms with van der Waals surface area (Å²) in [5.74, 6) is -0.0863. The molecule has 5 atom stereocenters. The molecule has 0 spiro atoms. The minimum absolute atomic E-state index is 0.0863. The summed E-state index contributed by atoms with van der Waals surface area (Å²) >= 11 is 0. The van der Waals surface area contributed by atoms with Crippen molar-refractivity contribution < 1.29 is 39.1 Å². The van der Waals surface area contributed by atoms with Gasteiger partial charge >= 0.3 is 0 Å². The van der Waals surface area contributed by atoms with Gasteiger partial charge in [0, 0.05) is 25.1 Å². The fourth-order valence-electron chi connectivity index (χ4n) is 2.71. The van der Waals surface area contributed by atoms with E-state index in [-0.39, 0.29) is 19.1 Å². The number of rotatable bonds is 13. The van der Waals surface area contributed by atoms with Crippen molar-refractivity contribution in [2.45, 2.75) is 77.3 Å². The van der Waals surface area contributed by atoms with Crippen molar-refractivity contribution in [3.63, 3.8) is 0 Å². The first-order valence-corrected chi connectivity index (χ1v) is 10.4. The molecular formula is C20H40N2O8. The number of ether oxygens (including phenoxy) is 4. The predicted molar refractivity (Wildman–Crippen MR) is 110 cm³/mol. The number of aliphatic hydroxyl groups excluding tert-OH is 3. The lowest BCUT2D eigenvalue weighted by Gasteiger charge is -2.38. The van der Waals surface area contributed by atoms with Crippen LogP contribution >= 0.6 is 0 Å². The Hall–Kier alpha value is -0.850. The van der Waals surface area contributed by atoms with Gasteiger partial charge in [0.2, 0.25) is 5.91 Å². The van der Waals surface area contributed by atoms with Crippen LogP contribution in [-0.2, 0) is 23.7 Å². The average molecular weight is 437 g/mol. The number of nitrogens with two attached hydrogens (primary N) is 1. The monoisotopic (exact) mass is 436 g/mol. The van der Waals surface area contributed by atoms with Crippen molar-refractivity contribution >= 4 is 5.91 Å². The van der Waals surface area contributed by atoms with Crippen molar-refractivity contribution in [3.8, 4) is 0 Å². The smallest absolute Gasteiger partial charge is 0.225 e. The Kier molecular flexibility index (Phi) is 11.1.